The summed E-state index contributed by atoms with van der Waals surface area (Å²) in [5, 5.41) is 21.8. The number of rotatable bonds is 8. The molecule has 0 radical (unpaired) electrons. The fraction of sp³-hybridized carbons (Fsp3) is 0.778. The van der Waals surface area contributed by atoms with Crippen molar-refractivity contribution in [1.82, 2.24) is 10.6 Å². The van der Waals surface area contributed by atoms with Gasteiger partial charge >= 0.3 is 12.0 Å². The summed E-state index contributed by atoms with van der Waals surface area (Å²) >= 11 is 0. The lowest BCUT2D eigenvalue weighted by Crippen LogP contribution is -2.46. The van der Waals surface area contributed by atoms with Gasteiger partial charge in [0.2, 0.25) is 0 Å². The van der Waals surface area contributed by atoms with Crippen molar-refractivity contribution in [3.63, 3.8) is 0 Å². The predicted octanol–water partition coefficient (Wildman–Crippen LogP) is -1.44. The molecule has 0 unspecified atom stereocenters. The van der Waals surface area contributed by atoms with Gasteiger partial charge < -0.3 is 20.8 Å². The first kappa shape index (κ1) is 16.6. The summed E-state index contributed by atoms with van der Waals surface area (Å²) < 4.78 is 21.6. The van der Waals surface area contributed by atoms with E-state index in [0.717, 1.165) is 6.26 Å². The van der Waals surface area contributed by atoms with Crippen LogP contribution in [-0.4, -0.2) is 61.8 Å². The SMILES string of the molecule is CS(=O)(=O)CCCNC(=O)N[C@H](CCO)C(=O)O. The maximum atomic E-state index is 11.2. The molecule has 9 heteroatoms. The number of urea groups is 1. The van der Waals surface area contributed by atoms with Crippen molar-refractivity contribution in [1.29, 1.82) is 0 Å². The molecule has 8 nitrogen and oxygen atoms in total. The quantitative estimate of drug-likeness (QED) is 0.403. The van der Waals surface area contributed by atoms with E-state index in [1.165, 1.54) is 0 Å². The van der Waals surface area contributed by atoms with Gasteiger partial charge in [-0.1, -0.05) is 0 Å². The monoisotopic (exact) mass is 282 g/mol. The lowest BCUT2D eigenvalue weighted by atomic mass is 10.2. The molecule has 2 amide bonds. The summed E-state index contributed by atoms with van der Waals surface area (Å²) in [5.41, 5.74) is 0. The predicted molar refractivity (Wildman–Crippen MR) is 64.0 cm³/mol. The van der Waals surface area contributed by atoms with Crippen LogP contribution in [0.15, 0.2) is 0 Å². The Kier molecular flexibility index (Phi) is 7.29. The standard InChI is InChI=1S/C9H18N2O6S/c1-18(16,17)6-2-4-10-9(15)11-7(3-5-12)8(13)14/h7,12H,2-6H2,1H3,(H,13,14)(H2,10,11,15)/t7-/m1/s1. The van der Waals surface area contributed by atoms with Gasteiger partial charge in [0.05, 0.1) is 5.75 Å². The van der Waals surface area contributed by atoms with E-state index in [9.17, 15) is 18.0 Å². The number of aliphatic hydroxyl groups is 1. The Morgan fingerprint density at radius 2 is 1.94 bits per heavy atom. The van der Waals surface area contributed by atoms with Crippen molar-refractivity contribution in [2.75, 3.05) is 25.2 Å². The van der Waals surface area contributed by atoms with Crippen molar-refractivity contribution in [2.45, 2.75) is 18.9 Å². The first-order chi connectivity index (χ1) is 8.26. The Hall–Kier alpha value is -1.35. The highest BCUT2D eigenvalue weighted by atomic mass is 32.2. The molecule has 0 aliphatic carbocycles. The van der Waals surface area contributed by atoms with Gasteiger partial charge in [-0.25, -0.2) is 18.0 Å². The zero-order chi connectivity index (χ0) is 14.2. The van der Waals surface area contributed by atoms with Crippen LogP contribution in [0.25, 0.3) is 0 Å². The van der Waals surface area contributed by atoms with Gasteiger partial charge in [-0.3, -0.25) is 0 Å². The van der Waals surface area contributed by atoms with E-state index in [1.807, 2.05) is 0 Å². The van der Waals surface area contributed by atoms with Crippen LogP contribution in [-0.2, 0) is 14.6 Å². The molecule has 0 spiro atoms. The Morgan fingerprint density at radius 1 is 1.33 bits per heavy atom. The first-order valence-corrected chi connectivity index (χ1v) is 7.38. The highest BCUT2D eigenvalue weighted by Crippen LogP contribution is 1.91. The molecular weight excluding hydrogens is 264 g/mol. The van der Waals surface area contributed by atoms with Crippen molar-refractivity contribution < 1.29 is 28.2 Å². The van der Waals surface area contributed by atoms with Crippen molar-refractivity contribution >= 4 is 21.8 Å². The molecule has 0 aliphatic rings. The van der Waals surface area contributed by atoms with Crippen molar-refractivity contribution in [3.05, 3.63) is 0 Å². The fourth-order valence-corrected chi connectivity index (χ4v) is 1.80. The van der Waals surface area contributed by atoms with Crippen LogP contribution in [0.3, 0.4) is 0 Å². The number of carboxylic acid groups (broad SMARTS) is 1. The minimum absolute atomic E-state index is 0.0493. The van der Waals surface area contributed by atoms with Crippen molar-refractivity contribution in [2.24, 2.45) is 0 Å². The summed E-state index contributed by atoms with van der Waals surface area (Å²) in [4.78, 5) is 21.9. The number of aliphatic carboxylic acids is 1. The van der Waals surface area contributed by atoms with Crippen molar-refractivity contribution in [3.8, 4) is 0 Å². The summed E-state index contributed by atoms with van der Waals surface area (Å²) in [6.45, 7) is -0.226. The Labute approximate surface area is 105 Å². The number of hydrogen-bond acceptors (Lipinski definition) is 5. The van der Waals surface area contributed by atoms with Crippen LogP contribution in [0, 0.1) is 0 Å². The molecule has 106 valence electrons. The van der Waals surface area contributed by atoms with Gasteiger partial charge in [0, 0.05) is 25.8 Å². The van der Waals surface area contributed by atoms with Gasteiger partial charge in [0.15, 0.2) is 0 Å². The number of carboxylic acids is 1. The van der Waals surface area contributed by atoms with Gasteiger partial charge in [-0.2, -0.15) is 0 Å². The number of carbonyl (C=O) groups excluding carboxylic acids is 1. The highest BCUT2D eigenvalue weighted by molar-refractivity contribution is 7.90. The molecular formula is C9H18N2O6S. The summed E-state index contributed by atoms with van der Waals surface area (Å²) in [5.74, 6) is -1.29. The number of hydrogen-bond donors (Lipinski definition) is 4. The smallest absolute Gasteiger partial charge is 0.326 e. The molecule has 1 atom stereocenters. The maximum Gasteiger partial charge on any atom is 0.326 e. The van der Waals surface area contributed by atoms with E-state index >= 15 is 0 Å². The van der Waals surface area contributed by atoms with Crippen LogP contribution in [0.2, 0.25) is 0 Å². The number of nitrogens with one attached hydrogen (secondary N) is 2. The fourth-order valence-electron chi connectivity index (χ4n) is 1.13. The van der Waals surface area contributed by atoms with Gasteiger partial charge in [-0.05, 0) is 6.42 Å². The molecule has 0 rings (SSSR count). The lowest BCUT2D eigenvalue weighted by Gasteiger charge is -2.13. The molecule has 4 N–H and O–H groups in total. The Bertz CT molecular complexity index is 381. The first-order valence-electron chi connectivity index (χ1n) is 5.32. The Balaban J connectivity index is 3.92. The van der Waals surface area contributed by atoms with Crippen LogP contribution in [0.4, 0.5) is 4.79 Å². The molecule has 0 heterocycles. The number of aliphatic hydroxyl groups excluding tert-OH is 1. The second-order valence-electron chi connectivity index (χ2n) is 3.79. The second-order valence-corrected chi connectivity index (χ2v) is 6.05. The third-order valence-electron chi connectivity index (χ3n) is 2.00. The Morgan fingerprint density at radius 3 is 2.39 bits per heavy atom. The minimum Gasteiger partial charge on any atom is -0.480 e. The third-order valence-corrected chi connectivity index (χ3v) is 3.03. The molecule has 0 saturated carbocycles. The molecule has 0 fully saturated rings. The summed E-state index contributed by atoms with van der Waals surface area (Å²) in [6, 6.07) is -1.87. The largest absolute Gasteiger partial charge is 0.480 e. The topological polar surface area (TPSA) is 133 Å². The third kappa shape index (κ3) is 8.76. The average Bonchev–Trinajstić information content (AvgIpc) is 2.22. The highest BCUT2D eigenvalue weighted by Gasteiger charge is 2.18. The van der Waals surface area contributed by atoms with E-state index in [0.29, 0.717) is 0 Å². The van der Waals surface area contributed by atoms with E-state index in [1.54, 1.807) is 0 Å². The summed E-state index contributed by atoms with van der Waals surface area (Å²) in [6.07, 6.45) is 1.25. The zero-order valence-corrected chi connectivity index (χ0v) is 10.9. The zero-order valence-electron chi connectivity index (χ0n) is 10.0. The van der Waals surface area contributed by atoms with E-state index in [4.69, 9.17) is 10.2 Å². The molecule has 0 aromatic rings. The number of amides is 2. The van der Waals surface area contributed by atoms with E-state index in [2.05, 4.69) is 10.6 Å². The molecule has 18 heavy (non-hydrogen) atoms. The van der Waals surface area contributed by atoms with E-state index in [-0.39, 0.29) is 31.7 Å². The molecule has 0 saturated heterocycles. The van der Waals surface area contributed by atoms with Gasteiger partial charge in [0.1, 0.15) is 15.9 Å². The minimum atomic E-state index is -3.07. The second kappa shape index (κ2) is 7.88. The van der Waals surface area contributed by atoms with Gasteiger partial charge in [0.25, 0.3) is 0 Å². The lowest BCUT2D eigenvalue weighted by molar-refractivity contribution is -0.139. The van der Waals surface area contributed by atoms with Crippen LogP contribution in [0.5, 0.6) is 0 Å². The molecule has 0 aromatic carbocycles. The maximum absolute atomic E-state index is 11.2. The van der Waals surface area contributed by atoms with E-state index < -0.39 is 27.9 Å². The molecule has 0 aliphatic heterocycles. The molecule has 0 bridgehead atoms. The van der Waals surface area contributed by atoms with Crippen LogP contribution < -0.4 is 10.6 Å². The van der Waals surface area contributed by atoms with Crippen LogP contribution >= 0.6 is 0 Å². The normalized spacial score (nSPS) is 12.8. The average molecular weight is 282 g/mol. The van der Waals surface area contributed by atoms with Gasteiger partial charge in [-0.15, -0.1) is 0 Å². The molecule has 0 aromatic heterocycles. The van der Waals surface area contributed by atoms with Crippen LogP contribution in [0.1, 0.15) is 12.8 Å². The number of carbonyl (C=O) groups is 2. The number of sulfone groups is 1. The summed E-state index contributed by atoms with van der Waals surface area (Å²) in [7, 11) is -3.07.